The van der Waals surface area contributed by atoms with Gasteiger partial charge >= 0.3 is 5.97 Å². The molecule has 5 nitrogen and oxygen atoms in total. The third-order valence-corrected chi connectivity index (χ3v) is 4.51. The van der Waals surface area contributed by atoms with Crippen molar-refractivity contribution in [3.8, 4) is 6.07 Å². The highest BCUT2D eigenvalue weighted by Crippen LogP contribution is 2.22. The number of aromatic nitrogens is 2. The van der Waals surface area contributed by atoms with Crippen molar-refractivity contribution in [2.24, 2.45) is 0 Å². The van der Waals surface area contributed by atoms with Gasteiger partial charge in [-0.05, 0) is 36.3 Å². The van der Waals surface area contributed by atoms with Crippen LogP contribution in [0.3, 0.4) is 0 Å². The number of benzene rings is 2. The molecule has 0 fully saturated rings. The third kappa shape index (κ3) is 4.87. The molecule has 1 heterocycles. The fourth-order valence-corrected chi connectivity index (χ4v) is 3.00. The number of halogens is 1. The van der Waals surface area contributed by atoms with Gasteiger partial charge in [0.15, 0.2) is 0 Å². The summed E-state index contributed by atoms with van der Waals surface area (Å²) in [6.45, 7) is 2.48. The lowest BCUT2D eigenvalue weighted by molar-refractivity contribution is -0.138. The van der Waals surface area contributed by atoms with Crippen LogP contribution in [0.5, 0.6) is 0 Å². The smallest absolute Gasteiger partial charge is 0.331 e. The molecule has 0 N–H and O–H groups in total. The van der Waals surface area contributed by atoms with Crippen LogP contribution in [0.1, 0.15) is 27.9 Å². The van der Waals surface area contributed by atoms with Crippen LogP contribution in [-0.2, 0) is 22.7 Å². The normalized spacial score (nSPS) is 10.8. The average molecular weight is 392 g/mol. The molecule has 0 saturated heterocycles. The quantitative estimate of drug-likeness (QED) is 0.457. The molecule has 0 saturated carbocycles. The van der Waals surface area contributed by atoms with Crippen molar-refractivity contribution < 1.29 is 9.53 Å². The topological polar surface area (TPSA) is 67.9 Å². The van der Waals surface area contributed by atoms with E-state index in [-0.39, 0.29) is 6.61 Å². The highest BCUT2D eigenvalue weighted by Gasteiger charge is 2.12. The van der Waals surface area contributed by atoms with Crippen LogP contribution in [0.25, 0.3) is 6.08 Å². The van der Waals surface area contributed by atoms with Crippen LogP contribution < -0.4 is 0 Å². The van der Waals surface area contributed by atoms with Crippen molar-refractivity contribution >= 4 is 23.6 Å². The lowest BCUT2D eigenvalue weighted by Crippen LogP contribution is -2.02. The molecule has 1 aromatic heterocycles. The van der Waals surface area contributed by atoms with Crippen molar-refractivity contribution in [3.63, 3.8) is 0 Å². The molecular weight excluding hydrogens is 374 g/mol. The van der Waals surface area contributed by atoms with Crippen molar-refractivity contribution in [1.29, 1.82) is 5.26 Å². The second-order valence-corrected chi connectivity index (χ2v) is 6.54. The lowest BCUT2D eigenvalue weighted by atomic mass is 10.1. The zero-order valence-electron chi connectivity index (χ0n) is 15.3. The van der Waals surface area contributed by atoms with E-state index < -0.39 is 5.97 Å². The summed E-state index contributed by atoms with van der Waals surface area (Å²) in [4.78, 5) is 12.0. The van der Waals surface area contributed by atoms with Gasteiger partial charge in [0.1, 0.15) is 11.8 Å². The van der Waals surface area contributed by atoms with Gasteiger partial charge in [-0.25, -0.2) is 9.48 Å². The molecule has 0 amide bonds. The predicted octanol–water partition coefficient (Wildman–Crippen LogP) is 4.52. The first-order chi connectivity index (χ1) is 13.6. The summed E-state index contributed by atoms with van der Waals surface area (Å²) in [6, 6.07) is 18.9. The largest absolute Gasteiger partial charge is 0.458 e. The molecule has 0 atom stereocenters. The van der Waals surface area contributed by atoms with Gasteiger partial charge in [0.25, 0.3) is 0 Å². The molecule has 140 valence electrons. The molecule has 2 aromatic carbocycles. The Morgan fingerprint density at radius 1 is 1.21 bits per heavy atom. The van der Waals surface area contributed by atoms with Crippen molar-refractivity contribution in [2.75, 3.05) is 0 Å². The maximum atomic E-state index is 12.0. The SMILES string of the molecule is Cc1nn(Cc2ccccc2)c(Cl)c1/C=C/C(=O)OCc1cccc(C#N)c1. The zero-order chi connectivity index (χ0) is 19.9. The Morgan fingerprint density at radius 3 is 2.71 bits per heavy atom. The fraction of sp³-hybridized carbons (Fsp3) is 0.136. The summed E-state index contributed by atoms with van der Waals surface area (Å²) < 4.78 is 6.93. The Kier molecular flexibility index (Phi) is 6.25. The van der Waals surface area contributed by atoms with Crippen LogP contribution in [0.4, 0.5) is 0 Å². The Bertz CT molecular complexity index is 1050. The maximum absolute atomic E-state index is 12.0. The molecule has 0 radical (unpaired) electrons. The van der Waals surface area contributed by atoms with Crippen LogP contribution >= 0.6 is 11.6 Å². The average Bonchev–Trinajstić information content (AvgIpc) is 2.98. The number of hydrogen-bond acceptors (Lipinski definition) is 4. The number of nitrogens with zero attached hydrogens (tertiary/aromatic N) is 3. The number of nitriles is 1. The van der Waals surface area contributed by atoms with E-state index in [0.717, 1.165) is 16.8 Å². The Morgan fingerprint density at radius 2 is 1.96 bits per heavy atom. The number of carbonyl (C=O) groups excluding carboxylic acids is 1. The van der Waals surface area contributed by atoms with Gasteiger partial charge < -0.3 is 4.74 Å². The Balaban J connectivity index is 1.65. The highest BCUT2D eigenvalue weighted by molar-refractivity contribution is 6.31. The van der Waals surface area contributed by atoms with E-state index in [2.05, 4.69) is 11.2 Å². The van der Waals surface area contributed by atoms with Crippen LogP contribution in [0, 0.1) is 18.3 Å². The molecular formula is C22H18ClN3O2. The second-order valence-electron chi connectivity index (χ2n) is 6.19. The summed E-state index contributed by atoms with van der Waals surface area (Å²) >= 11 is 6.44. The summed E-state index contributed by atoms with van der Waals surface area (Å²) in [5.74, 6) is -0.492. The number of aryl methyl sites for hydroxylation is 1. The monoisotopic (exact) mass is 391 g/mol. The van der Waals surface area contributed by atoms with E-state index >= 15 is 0 Å². The van der Waals surface area contributed by atoms with Gasteiger partial charge in [0, 0.05) is 11.6 Å². The Labute approximate surface area is 168 Å². The van der Waals surface area contributed by atoms with Gasteiger partial charge in [-0.2, -0.15) is 10.4 Å². The molecule has 0 spiro atoms. The minimum Gasteiger partial charge on any atom is -0.458 e. The number of ether oxygens (including phenoxy) is 1. The molecule has 3 aromatic rings. The molecule has 0 bridgehead atoms. The first-order valence-electron chi connectivity index (χ1n) is 8.67. The summed E-state index contributed by atoms with van der Waals surface area (Å²) in [5, 5.41) is 13.8. The lowest BCUT2D eigenvalue weighted by Gasteiger charge is -2.03. The summed E-state index contributed by atoms with van der Waals surface area (Å²) in [6.07, 6.45) is 2.94. The predicted molar refractivity (Wildman–Crippen MR) is 108 cm³/mol. The first kappa shape index (κ1) is 19.4. The molecule has 6 heteroatoms. The zero-order valence-corrected chi connectivity index (χ0v) is 16.1. The minimum atomic E-state index is -0.492. The molecule has 0 unspecified atom stereocenters. The number of carbonyl (C=O) groups is 1. The van der Waals surface area contributed by atoms with E-state index in [1.54, 1.807) is 35.0 Å². The molecule has 0 aliphatic carbocycles. The maximum Gasteiger partial charge on any atom is 0.331 e. The molecule has 3 rings (SSSR count). The first-order valence-corrected chi connectivity index (χ1v) is 9.05. The van der Waals surface area contributed by atoms with Gasteiger partial charge in [0.05, 0.1) is 23.9 Å². The van der Waals surface area contributed by atoms with Crippen molar-refractivity contribution in [1.82, 2.24) is 9.78 Å². The van der Waals surface area contributed by atoms with E-state index in [1.165, 1.54) is 6.08 Å². The second kappa shape index (κ2) is 9.03. The van der Waals surface area contributed by atoms with E-state index in [9.17, 15) is 4.79 Å². The van der Waals surface area contributed by atoms with Gasteiger partial charge in [-0.3, -0.25) is 0 Å². The molecule has 28 heavy (non-hydrogen) atoms. The fourth-order valence-electron chi connectivity index (χ4n) is 2.70. The van der Waals surface area contributed by atoms with E-state index in [1.807, 2.05) is 37.3 Å². The van der Waals surface area contributed by atoms with E-state index in [4.69, 9.17) is 21.6 Å². The highest BCUT2D eigenvalue weighted by atomic mass is 35.5. The van der Waals surface area contributed by atoms with Crippen molar-refractivity contribution in [3.05, 3.63) is 93.8 Å². The number of esters is 1. The summed E-state index contributed by atoms with van der Waals surface area (Å²) in [7, 11) is 0. The van der Waals surface area contributed by atoms with Crippen LogP contribution in [-0.4, -0.2) is 15.7 Å². The van der Waals surface area contributed by atoms with Crippen molar-refractivity contribution in [2.45, 2.75) is 20.1 Å². The minimum absolute atomic E-state index is 0.0959. The third-order valence-electron chi connectivity index (χ3n) is 4.11. The number of rotatable bonds is 6. The molecule has 0 aliphatic heterocycles. The van der Waals surface area contributed by atoms with Crippen LogP contribution in [0.15, 0.2) is 60.7 Å². The number of hydrogen-bond donors (Lipinski definition) is 0. The van der Waals surface area contributed by atoms with Gasteiger partial charge in [-0.1, -0.05) is 54.1 Å². The molecule has 0 aliphatic rings. The Hall–Kier alpha value is -3.36. The van der Waals surface area contributed by atoms with E-state index in [0.29, 0.717) is 22.8 Å². The summed E-state index contributed by atoms with van der Waals surface area (Å²) in [5.41, 5.74) is 3.78. The van der Waals surface area contributed by atoms with Gasteiger partial charge in [-0.15, -0.1) is 0 Å². The van der Waals surface area contributed by atoms with Crippen LogP contribution in [0.2, 0.25) is 5.15 Å². The standard InChI is InChI=1S/C22H18ClN3O2/c1-16-20(22(23)26(25-16)14-17-6-3-2-4-7-17)10-11-21(27)28-15-19-9-5-8-18(12-19)13-24/h2-12H,14-15H2,1H3/b11-10+. The van der Waals surface area contributed by atoms with Gasteiger partial charge in [0.2, 0.25) is 0 Å².